The Morgan fingerprint density at radius 3 is 2.61 bits per heavy atom. The van der Waals surface area contributed by atoms with Crippen LogP contribution in [0.25, 0.3) is 0 Å². The Morgan fingerprint density at radius 2 is 1.94 bits per heavy atom. The van der Waals surface area contributed by atoms with E-state index in [0.717, 1.165) is 18.6 Å². The van der Waals surface area contributed by atoms with Crippen molar-refractivity contribution < 1.29 is 23.4 Å². The number of ether oxygens (including phenoxy) is 2. The lowest BCUT2D eigenvalue weighted by Crippen LogP contribution is -2.25. The van der Waals surface area contributed by atoms with Crippen molar-refractivity contribution >= 4 is 0 Å². The lowest BCUT2D eigenvalue weighted by Gasteiger charge is -2.24. The van der Waals surface area contributed by atoms with Crippen LogP contribution in [-0.4, -0.2) is 24.6 Å². The Hall–Kier alpha value is -1.04. The molecule has 1 aromatic rings. The van der Waals surface area contributed by atoms with E-state index in [1.807, 2.05) is 0 Å². The monoisotopic (exact) mass is 258 g/mol. The molecule has 100 valence electrons. The van der Waals surface area contributed by atoms with Crippen LogP contribution in [0.5, 0.6) is 0 Å². The summed E-state index contributed by atoms with van der Waals surface area (Å²) < 4.78 is 36.4. The van der Waals surface area contributed by atoms with Gasteiger partial charge in [-0.25, -0.2) is 8.78 Å². The maximum absolute atomic E-state index is 13.0. The predicted molar refractivity (Wildman–Crippen MR) is 60.9 cm³/mol. The van der Waals surface area contributed by atoms with E-state index >= 15 is 0 Å². The molecule has 0 radical (unpaired) electrons. The Bertz CT molecular complexity index is 392. The van der Waals surface area contributed by atoms with Crippen LogP contribution in [0.15, 0.2) is 18.2 Å². The second-order valence-electron chi connectivity index (χ2n) is 4.29. The fourth-order valence-electron chi connectivity index (χ4n) is 1.88. The highest BCUT2D eigenvalue weighted by Crippen LogP contribution is 2.22. The Balaban J connectivity index is 1.86. The summed E-state index contributed by atoms with van der Waals surface area (Å²) in [7, 11) is 0. The van der Waals surface area contributed by atoms with Gasteiger partial charge in [-0.05, 0) is 30.5 Å². The molecule has 5 heteroatoms. The van der Waals surface area contributed by atoms with Gasteiger partial charge in [0, 0.05) is 6.42 Å². The molecule has 1 saturated heterocycles. The quantitative estimate of drug-likeness (QED) is 0.902. The highest BCUT2D eigenvalue weighted by atomic mass is 19.2. The molecule has 0 unspecified atom stereocenters. The second-order valence-corrected chi connectivity index (χ2v) is 4.29. The summed E-state index contributed by atoms with van der Waals surface area (Å²) in [6.45, 7) is 1.32. The molecule has 1 atom stereocenters. The number of benzene rings is 1. The van der Waals surface area contributed by atoms with Crippen molar-refractivity contribution in [1.29, 1.82) is 0 Å². The van der Waals surface area contributed by atoms with Gasteiger partial charge in [0.05, 0.1) is 19.3 Å². The number of hydrogen-bond donors (Lipinski definition) is 1. The Kier molecular flexibility index (Phi) is 4.63. The van der Waals surface area contributed by atoms with Gasteiger partial charge in [-0.15, -0.1) is 0 Å². The summed E-state index contributed by atoms with van der Waals surface area (Å²) in [4.78, 5) is 0. The van der Waals surface area contributed by atoms with Gasteiger partial charge in [0.25, 0.3) is 0 Å². The third-order valence-corrected chi connectivity index (χ3v) is 2.90. The maximum Gasteiger partial charge on any atom is 0.159 e. The summed E-state index contributed by atoms with van der Waals surface area (Å²) >= 11 is 0. The predicted octanol–water partition coefficient (Wildman–Crippen LogP) is 2.54. The molecule has 0 spiro atoms. The van der Waals surface area contributed by atoms with E-state index in [-0.39, 0.29) is 6.29 Å². The van der Waals surface area contributed by atoms with E-state index in [9.17, 15) is 13.9 Å². The van der Waals surface area contributed by atoms with Gasteiger partial charge in [-0.3, -0.25) is 0 Å². The standard InChI is InChI=1S/C13H16F2O3/c14-10-3-2-9(8-11(10)15)12(16)4-5-13-17-6-1-7-18-13/h2-3,8,12-13,16H,1,4-7H2/t12-/m0/s1. The van der Waals surface area contributed by atoms with E-state index in [0.29, 0.717) is 31.6 Å². The number of hydrogen-bond acceptors (Lipinski definition) is 3. The average molecular weight is 258 g/mol. The van der Waals surface area contributed by atoms with Gasteiger partial charge in [0.1, 0.15) is 0 Å². The van der Waals surface area contributed by atoms with Crippen LogP contribution in [-0.2, 0) is 9.47 Å². The number of rotatable bonds is 4. The zero-order valence-electron chi connectivity index (χ0n) is 9.94. The zero-order chi connectivity index (χ0) is 13.0. The van der Waals surface area contributed by atoms with Crippen molar-refractivity contribution in [2.45, 2.75) is 31.7 Å². The maximum atomic E-state index is 13.0. The topological polar surface area (TPSA) is 38.7 Å². The highest BCUT2D eigenvalue weighted by Gasteiger charge is 2.17. The van der Waals surface area contributed by atoms with Crippen LogP contribution in [0.3, 0.4) is 0 Å². The average Bonchev–Trinajstić information content (AvgIpc) is 2.40. The van der Waals surface area contributed by atoms with Gasteiger partial charge < -0.3 is 14.6 Å². The largest absolute Gasteiger partial charge is 0.388 e. The van der Waals surface area contributed by atoms with Gasteiger partial charge >= 0.3 is 0 Å². The first-order valence-electron chi connectivity index (χ1n) is 6.03. The molecule has 1 heterocycles. The minimum atomic E-state index is -0.947. The van der Waals surface area contributed by atoms with E-state index in [4.69, 9.17) is 9.47 Å². The van der Waals surface area contributed by atoms with Crippen LogP contribution in [0.4, 0.5) is 8.78 Å². The van der Waals surface area contributed by atoms with Crippen LogP contribution in [0, 0.1) is 11.6 Å². The molecule has 1 N–H and O–H groups in total. The summed E-state index contributed by atoms with van der Waals surface area (Å²) in [5, 5.41) is 9.87. The van der Waals surface area contributed by atoms with Crippen molar-refractivity contribution in [2.75, 3.05) is 13.2 Å². The SMILES string of the molecule is O[C@@H](CCC1OCCCO1)c1ccc(F)c(F)c1. The molecule has 1 aliphatic rings. The Morgan fingerprint density at radius 1 is 1.22 bits per heavy atom. The van der Waals surface area contributed by atoms with Crippen molar-refractivity contribution in [3.05, 3.63) is 35.4 Å². The first kappa shape index (κ1) is 13.4. The highest BCUT2D eigenvalue weighted by molar-refractivity contribution is 5.19. The van der Waals surface area contributed by atoms with E-state index < -0.39 is 17.7 Å². The smallest absolute Gasteiger partial charge is 0.159 e. The normalized spacial score (nSPS) is 18.8. The molecule has 1 fully saturated rings. The molecule has 18 heavy (non-hydrogen) atoms. The van der Waals surface area contributed by atoms with Crippen LogP contribution >= 0.6 is 0 Å². The fraction of sp³-hybridized carbons (Fsp3) is 0.538. The van der Waals surface area contributed by atoms with Crippen molar-refractivity contribution in [1.82, 2.24) is 0 Å². The lowest BCUT2D eigenvalue weighted by molar-refractivity contribution is -0.183. The number of aliphatic hydroxyl groups is 1. The summed E-state index contributed by atoms with van der Waals surface area (Å²) in [6, 6.07) is 3.41. The van der Waals surface area contributed by atoms with Gasteiger partial charge in [0.15, 0.2) is 17.9 Å². The number of halogens is 2. The van der Waals surface area contributed by atoms with E-state index in [1.54, 1.807) is 0 Å². The molecular weight excluding hydrogens is 242 g/mol. The van der Waals surface area contributed by atoms with Gasteiger partial charge in [0.2, 0.25) is 0 Å². The van der Waals surface area contributed by atoms with E-state index in [1.165, 1.54) is 6.07 Å². The molecule has 1 aliphatic heterocycles. The summed E-state index contributed by atoms with van der Waals surface area (Å²) in [5.74, 6) is -1.86. The van der Waals surface area contributed by atoms with E-state index in [2.05, 4.69) is 0 Å². The summed E-state index contributed by atoms with van der Waals surface area (Å²) in [5.41, 5.74) is 0.365. The lowest BCUT2D eigenvalue weighted by atomic mass is 10.0. The minimum Gasteiger partial charge on any atom is -0.388 e. The molecule has 0 amide bonds. The van der Waals surface area contributed by atoms with Crippen molar-refractivity contribution in [3.63, 3.8) is 0 Å². The fourth-order valence-corrected chi connectivity index (χ4v) is 1.88. The Labute approximate surface area is 104 Å². The molecule has 0 aliphatic carbocycles. The van der Waals surface area contributed by atoms with Crippen molar-refractivity contribution in [3.8, 4) is 0 Å². The van der Waals surface area contributed by atoms with Crippen LogP contribution in [0.2, 0.25) is 0 Å². The molecule has 0 aromatic heterocycles. The summed E-state index contributed by atoms with van der Waals surface area (Å²) in [6.07, 6.45) is 0.644. The second kappa shape index (κ2) is 6.22. The molecule has 2 rings (SSSR count). The molecular formula is C13H16F2O3. The third kappa shape index (κ3) is 3.48. The van der Waals surface area contributed by atoms with Crippen LogP contribution < -0.4 is 0 Å². The molecule has 0 bridgehead atoms. The van der Waals surface area contributed by atoms with Gasteiger partial charge in [-0.1, -0.05) is 6.07 Å². The van der Waals surface area contributed by atoms with Crippen molar-refractivity contribution in [2.24, 2.45) is 0 Å². The molecule has 0 saturated carbocycles. The first-order valence-corrected chi connectivity index (χ1v) is 6.03. The number of aliphatic hydroxyl groups excluding tert-OH is 1. The molecule has 1 aromatic carbocycles. The van der Waals surface area contributed by atoms with Crippen LogP contribution in [0.1, 0.15) is 30.9 Å². The minimum absolute atomic E-state index is 0.307. The third-order valence-electron chi connectivity index (χ3n) is 2.90. The van der Waals surface area contributed by atoms with Gasteiger partial charge in [-0.2, -0.15) is 0 Å². The zero-order valence-corrected chi connectivity index (χ0v) is 9.94. The first-order chi connectivity index (χ1) is 8.66. The molecule has 3 nitrogen and oxygen atoms in total.